The summed E-state index contributed by atoms with van der Waals surface area (Å²) in [6.45, 7) is -0.0997. The van der Waals surface area contributed by atoms with Crippen molar-refractivity contribution in [3.63, 3.8) is 0 Å². The van der Waals surface area contributed by atoms with Crippen LogP contribution in [0.2, 0.25) is 0 Å². The van der Waals surface area contributed by atoms with E-state index in [-0.39, 0.29) is 23.5 Å². The topological polar surface area (TPSA) is 90.0 Å². The highest BCUT2D eigenvalue weighted by atomic mass is 32.2. The molecule has 0 amide bonds. The van der Waals surface area contributed by atoms with Crippen molar-refractivity contribution in [2.45, 2.75) is 5.03 Å². The number of hydrogen-bond acceptors (Lipinski definition) is 6. The number of hydrogen-bond donors (Lipinski definition) is 1. The van der Waals surface area contributed by atoms with Crippen LogP contribution in [-0.2, 0) is 14.1 Å². The van der Waals surface area contributed by atoms with Crippen molar-refractivity contribution in [3.05, 3.63) is 50.9 Å². The highest BCUT2D eigenvalue weighted by Gasteiger charge is 2.18. The molecule has 130 valence electrons. The Bertz CT molecular complexity index is 1080. The van der Waals surface area contributed by atoms with Crippen LogP contribution in [0.3, 0.4) is 0 Å². The zero-order chi connectivity index (χ0) is 18.1. The summed E-state index contributed by atoms with van der Waals surface area (Å²) < 4.78 is 15.8. The maximum absolute atomic E-state index is 13.5. The fourth-order valence-electron chi connectivity index (χ4n) is 2.43. The van der Waals surface area contributed by atoms with Gasteiger partial charge in [-0.3, -0.25) is 13.9 Å². The Morgan fingerprint density at radius 1 is 1.20 bits per heavy atom. The second kappa shape index (κ2) is 6.77. The number of aliphatic hydroxyl groups excluding tert-OH is 1. The Kier molecular flexibility index (Phi) is 4.69. The molecule has 0 saturated heterocycles. The van der Waals surface area contributed by atoms with Crippen molar-refractivity contribution in [2.24, 2.45) is 14.1 Å². The molecule has 3 aromatic rings. The van der Waals surface area contributed by atoms with Gasteiger partial charge in [-0.15, -0.1) is 11.8 Å². The fourth-order valence-corrected chi connectivity index (χ4v) is 3.19. The van der Waals surface area contributed by atoms with Crippen molar-refractivity contribution >= 4 is 22.8 Å². The molecule has 0 atom stereocenters. The monoisotopic (exact) mass is 362 g/mol. The molecular weight excluding hydrogens is 347 g/mol. The van der Waals surface area contributed by atoms with E-state index in [1.807, 2.05) is 0 Å². The third kappa shape index (κ3) is 3.08. The van der Waals surface area contributed by atoms with E-state index in [1.165, 1.54) is 48.6 Å². The minimum absolute atomic E-state index is 0.0997. The molecule has 0 bridgehead atoms. The van der Waals surface area contributed by atoms with Gasteiger partial charge in [-0.25, -0.2) is 19.2 Å². The molecule has 1 aromatic carbocycles. The molecule has 2 aromatic heterocycles. The fraction of sp³-hybridized carbons (Fsp3) is 0.250. The summed E-state index contributed by atoms with van der Waals surface area (Å²) in [6, 6.07) is 5.75. The third-order valence-corrected chi connectivity index (χ3v) is 4.64. The van der Waals surface area contributed by atoms with Crippen LogP contribution in [0.4, 0.5) is 4.39 Å². The lowest BCUT2D eigenvalue weighted by atomic mass is 10.2. The summed E-state index contributed by atoms with van der Waals surface area (Å²) >= 11 is 1.18. The predicted octanol–water partition coefficient (Wildman–Crippen LogP) is 0.918. The van der Waals surface area contributed by atoms with Crippen LogP contribution in [0.1, 0.15) is 0 Å². The normalized spacial score (nSPS) is 11.2. The van der Waals surface area contributed by atoms with Crippen LogP contribution < -0.4 is 11.2 Å². The van der Waals surface area contributed by atoms with Crippen molar-refractivity contribution in [3.8, 4) is 11.4 Å². The molecule has 0 radical (unpaired) electrons. The summed E-state index contributed by atoms with van der Waals surface area (Å²) in [6.07, 6.45) is 0. The standard InChI is InChI=1S/C16H15FN4O3S/c1-20-13-11(15(23)21(2)16(20)24)14(25-7-6-22)19-12(18-13)9-4-3-5-10(17)8-9/h3-5,8,22H,6-7H2,1-2H3. The lowest BCUT2D eigenvalue weighted by molar-refractivity contribution is 0.322. The molecule has 0 aliphatic heterocycles. The predicted molar refractivity (Wildman–Crippen MR) is 93.2 cm³/mol. The van der Waals surface area contributed by atoms with E-state index < -0.39 is 17.1 Å². The van der Waals surface area contributed by atoms with Gasteiger partial charge in [-0.05, 0) is 12.1 Å². The Labute approximate surface area is 145 Å². The van der Waals surface area contributed by atoms with E-state index in [1.54, 1.807) is 6.07 Å². The molecule has 25 heavy (non-hydrogen) atoms. The molecule has 0 unspecified atom stereocenters. The first-order valence-electron chi connectivity index (χ1n) is 7.41. The molecule has 0 aliphatic rings. The minimum Gasteiger partial charge on any atom is -0.396 e. The molecule has 7 nitrogen and oxygen atoms in total. The first-order chi connectivity index (χ1) is 11.9. The van der Waals surface area contributed by atoms with E-state index >= 15 is 0 Å². The van der Waals surface area contributed by atoms with Gasteiger partial charge in [-0.1, -0.05) is 12.1 Å². The zero-order valence-electron chi connectivity index (χ0n) is 13.6. The molecule has 0 saturated carbocycles. The van der Waals surface area contributed by atoms with Gasteiger partial charge in [0.15, 0.2) is 11.5 Å². The van der Waals surface area contributed by atoms with Crippen LogP contribution >= 0.6 is 11.8 Å². The number of halogens is 1. The Morgan fingerprint density at radius 2 is 1.96 bits per heavy atom. The number of nitrogens with zero attached hydrogens (tertiary/aromatic N) is 4. The number of rotatable bonds is 4. The summed E-state index contributed by atoms with van der Waals surface area (Å²) in [5, 5.41) is 9.63. The quantitative estimate of drug-likeness (QED) is 0.548. The van der Waals surface area contributed by atoms with E-state index in [0.717, 1.165) is 4.57 Å². The summed E-state index contributed by atoms with van der Waals surface area (Å²) in [4.78, 5) is 33.4. The van der Waals surface area contributed by atoms with Crippen LogP contribution in [-0.4, -0.2) is 36.6 Å². The molecule has 9 heteroatoms. The highest BCUT2D eigenvalue weighted by molar-refractivity contribution is 7.99. The lowest BCUT2D eigenvalue weighted by Crippen LogP contribution is -2.37. The largest absolute Gasteiger partial charge is 0.396 e. The van der Waals surface area contributed by atoms with Gasteiger partial charge in [0.2, 0.25) is 0 Å². The Morgan fingerprint density at radius 3 is 2.64 bits per heavy atom. The summed E-state index contributed by atoms with van der Waals surface area (Å²) in [7, 11) is 2.89. The first kappa shape index (κ1) is 17.3. The second-order valence-electron chi connectivity index (χ2n) is 5.34. The molecule has 1 N–H and O–H groups in total. The van der Waals surface area contributed by atoms with Crippen LogP contribution in [0, 0.1) is 5.82 Å². The number of aliphatic hydroxyl groups is 1. The molecule has 0 aliphatic carbocycles. The number of thioether (sulfide) groups is 1. The maximum atomic E-state index is 13.5. The van der Waals surface area contributed by atoms with Gasteiger partial charge in [0.25, 0.3) is 5.56 Å². The zero-order valence-corrected chi connectivity index (χ0v) is 14.4. The number of aromatic nitrogens is 4. The minimum atomic E-state index is -0.514. The highest BCUT2D eigenvalue weighted by Crippen LogP contribution is 2.26. The van der Waals surface area contributed by atoms with Gasteiger partial charge in [0.05, 0.1) is 6.61 Å². The second-order valence-corrected chi connectivity index (χ2v) is 6.42. The van der Waals surface area contributed by atoms with E-state index in [2.05, 4.69) is 9.97 Å². The van der Waals surface area contributed by atoms with E-state index in [4.69, 9.17) is 5.11 Å². The third-order valence-electron chi connectivity index (χ3n) is 3.68. The van der Waals surface area contributed by atoms with Gasteiger partial charge in [0, 0.05) is 25.4 Å². The van der Waals surface area contributed by atoms with Crippen molar-refractivity contribution in [1.29, 1.82) is 0 Å². The smallest absolute Gasteiger partial charge is 0.332 e. The summed E-state index contributed by atoms with van der Waals surface area (Å²) in [5.41, 5.74) is -0.424. The van der Waals surface area contributed by atoms with Gasteiger partial charge < -0.3 is 5.11 Å². The number of fused-ring (bicyclic) bond motifs is 1. The molecule has 0 spiro atoms. The molecule has 0 fully saturated rings. The van der Waals surface area contributed by atoms with Crippen LogP contribution in [0.15, 0.2) is 38.9 Å². The maximum Gasteiger partial charge on any atom is 0.332 e. The first-order valence-corrected chi connectivity index (χ1v) is 8.40. The Balaban J connectivity index is 2.39. The summed E-state index contributed by atoms with van der Waals surface area (Å²) in [5.74, 6) is 0.0834. The van der Waals surface area contributed by atoms with Crippen molar-refractivity contribution < 1.29 is 9.50 Å². The van der Waals surface area contributed by atoms with Gasteiger partial charge in [-0.2, -0.15) is 0 Å². The van der Waals surface area contributed by atoms with Gasteiger partial charge >= 0.3 is 5.69 Å². The molecule has 2 heterocycles. The molecular formula is C16H15FN4O3S. The van der Waals surface area contributed by atoms with Crippen molar-refractivity contribution in [2.75, 3.05) is 12.4 Å². The molecule has 3 rings (SSSR count). The van der Waals surface area contributed by atoms with Gasteiger partial charge in [0.1, 0.15) is 16.2 Å². The average Bonchev–Trinajstić information content (AvgIpc) is 2.62. The van der Waals surface area contributed by atoms with E-state index in [9.17, 15) is 14.0 Å². The number of aryl methyl sites for hydroxylation is 1. The van der Waals surface area contributed by atoms with Crippen molar-refractivity contribution in [1.82, 2.24) is 19.1 Å². The SMILES string of the molecule is Cn1c(=O)c2c(SCCO)nc(-c3cccc(F)c3)nc2n(C)c1=O. The lowest BCUT2D eigenvalue weighted by Gasteiger charge is -2.11. The number of benzene rings is 1. The van der Waals surface area contributed by atoms with Crippen LogP contribution in [0.5, 0.6) is 0 Å². The van der Waals surface area contributed by atoms with Crippen LogP contribution in [0.25, 0.3) is 22.4 Å². The Hall–Kier alpha value is -2.52. The van der Waals surface area contributed by atoms with E-state index in [0.29, 0.717) is 16.3 Å². The average molecular weight is 362 g/mol.